The van der Waals surface area contributed by atoms with E-state index < -0.39 is 17.8 Å². The van der Waals surface area contributed by atoms with Crippen LogP contribution in [0.1, 0.15) is 5.56 Å². The van der Waals surface area contributed by atoms with E-state index in [4.69, 9.17) is 21.1 Å². The van der Waals surface area contributed by atoms with E-state index >= 15 is 0 Å². The predicted octanol–water partition coefficient (Wildman–Crippen LogP) is 1.62. The van der Waals surface area contributed by atoms with E-state index in [0.29, 0.717) is 23.7 Å². The molecule has 30 heavy (non-hydrogen) atoms. The Bertz CT molecular complexity index is 912. The van der Waals surface area contributed by atoms with Gasteiger partial charge in [-0.1, -0.05) is 6.07 Å². The Balaban J connectivity index is 1.32. The predicted molar refractivity (Wildman–Crippen MR) is 103 cm³/mol. The molecule has 160 valence electrons. The van der Waals surface area contributed by atoms with Gasteiger partial charge in [-0.15, -0.1) is 8.78 Å². The summed E-state index contributed by atoms with van der Waals surface area (Å²) >= 11 is 4.73. The molecule has 5 N–H and O–H groups in total. The molecule has 0 aromatic heterocycles. The highest BCUT2D eigenvalue weighted by Gasteiger charge is 2.32. The van der Waals surface area contributed by atoms with E-state index in [-0.39, 0.29) is 18.4 Å². The fraction of sp³-hybridized carbons (Fsp3) is 0.278. The lowest BCUT2D eigenvalue weighted by atomic mass is 10.1. The zero-order valence-electron chi connectivity index (χ0n) is 15.4. The fourth-order valence-corrected chi connectivity index (χ4v) is 3.08. The molecule has 2 unspecified atom stereocenters. The summed E-state index contributed by atoms with van der Waals surface area (Å²) < 4.78 is 40.2. The number of amides is 1. The zero-order chi connectivity index (χ0) is 21.1. The summed E-state index contributed by atoms with van der Waals surface area (Å²) in [5, 5.41) is 5.93. The molecular weight excluding hydrogens is 424 g/mol. The van der Waals surface area contributed by atoms with E-state index in [0.717, 1.165) is 5.56 Å². The van der Waals surface area contributed by atoms with Gasteiger partial charge in [0.15, 0.2) is 11.5 Å². The number of benzene rings is 2. The maximum Gasteiger partial charge on any atom is 0.487 e. The average Bonchev–Trinajstić information content (AvgIpc) is 3.35. The lowest BCUT2D eigenvalue weighted by Gasteiger charge is -2.19. The summed E-state index contributed by atoms with van der Waals surface area (Å²) in [7, 11) is 0. The maximum absolute atomic E-state index is 12.7. The van der Waals surface area contributed by atoms with Crippen LogP contribution >= 0.6 is 11.6 Å². The molecule has 2 heterocycles. The van der Waals surface area contributed by atoms with Crippen LogP contribution in [0.3, 0.4) is 0 Å². The Hall–Kier alpha value is -2.70. The second kappa shape index (κ2) is 8.58. The molecule has 0 saturated carbocycles. The number of carbonyl (C=O) groups is 1. The van der Waals surface area contributed by atoms with Crippen LogP contribution in [0, 0.1) is 0 Å². The monoisotopic (exact) mass is 441 g/mol. The summed E-state index contributed by atoms with van der Waals surface area (Å²) in [5.74, 6) is 0.911. The van der Waals surface area contributed by atoms with Gasteiger partial charge < -0.3 is 19.5 Å². The smallest absolute Gasteiger partial charge is 0.454 e. The van der Waals surface area contributed by atoms with Crippen LogP contribution in [-0.2, 0) is 11.3 Å². The van der Waals surface area contributed by atoms with Crippen molar-refractivity contribution in [1.29, 1.82) is 0 Å². The largest absolute Gasteiger partial charge is 0.487 e. The number of hydrogen-bond acceptors (Lipinski definition) is 8. The quantitative estimate of drug-likeness (QED) is 0.413. The Morgan fingerprint density at radius 3 is 2.70 bits per heavy atom. The van der Waals surface area contributed by atoms with Gasteiger partial charge in [0, 0.05) is 23.8 Å². The molecule has 2 aliphatic heterocycles. The highest BCUT2D eigenvalue weighted by molar-refractivity contribution is 6.20. The van der Waals surface area contributed by atoms with Gasteiger partial charge in [-0.25, -0.2) is 10.9 Å². The molecule has 2 atom stereocenters. The number of hydrazine groups is 2. The molecule has 2 aromatic carbocycles. The summed E-state index contributed by atoms with van der Waals surface area (Å²) in [4.78, 5) is 12.6. The number of rotatable bonds is 7. The van der Waals surface area contributed by atoms with Crippen LogP contribution < -0.4 is 41.2 Å². The van der Waals surface area contributed by atoms with Crippen molar-refractivity contribution in [2.75, 3.05) is 12.1 Å². The second-order valence-electron chi connectivity index (χ2n) is 6.50. The van der Waals surface area contributed by atoms with Gasteiger partial charge >= 0.3 is 5.57 Å². The van der Waals surface area contributed by atoms with Crippen LogP contribution in [0.15, 0.2) is 42.5 Å². The van der Waals surface area contributed by atoms with Gasteiger partial charge in [-0.3, -0.25) is 10.1 Å². The highest BCUT2D eigenvalue weighted by atomic mass is 35.5. The molecule has 4 rings (SSSR count). The van der Waals surface area contributed by atoms with Crippen LogP contribution in [-0.4, -0.2) is 30.5 Å². The second-order valence-corrected chi connectivity index (χ2v) is 6.94. The summed E-state index contributed by atoms with van der Waals surface area (Å²) in [6, 6.07) is 10.4. The zero-order valence-corrected chi connectivity index (χ0v) is 16.1. The van der Waals surface area contributed by atoms with E-state index in [1.54, 1.807) is 0 Å². The molecule has 9 nitrogen and oxygen atoms in total. The van der Waals surface area contributed by atoms with Crippen molar-refractivity contribution < 1.29 is 27.8 Å². The Morgan fingerprint density at radius 1 is 1.17 bits per heavy atom. The van der Waals surface area contributed by atoms with Gasteiger partial charge in [0.05, 0.1) is 6.17 Å². The highest BCUT2D eigenvalue weighted by Crippen LogP contribution is 2.32. The molecule has 0 radical (unpaired) electrons. The third-order valence-corrected chi connectivity index (χ3v) is 4.47. The molecule has 1 amide bonds. The average molecular weight is 442 g/mol. The first-order chi connectivity index (χ1) is 14.4. The molecule has 0 aliphatic carbocycles. The number of fused-ring (bicyclic) bond motifs is 1. The number of halogens is 3. The Labute approximate surface area is 174 Å². The number of carbonyl (C=O) groups excluding carboxylic acids is 1. The van der Waals surface area contributed by atoms with E-state index in [1.807, 2.05) is 18.2 Å². The molecule has 0 spiro atoms. The van der Waals surface area contributed by atoms with Crippen molar-refractivity contribution in [3.8, 4) is 17.2 Å². The van der Waals surface area contributed by atoms with E-state index in [9.17, 15) is 13.6 Å². The molecule has 2 aromatic rings. The van der Waals surface area contributed by atoms with Crippen LogP contribution in [0.2, 0.25) is 0 Å². The van der Waals surface area contributed by atoms with Crippen molar-refractivity contribution in [3.63, 3.8) is 0 Å². The lowest BCUT2D eigenvalue weighted by molar-refractivity contribution is -0.118. The summed E-state index contributed by atoms with van der Waals surface area (Å²) in [5.41, 5.74) is 6.03. The van der Waals surface area contributed by atoms with Crippen molar-refractivity contribution in [2.45, 2.75) is 24.3 Å². The van der Waals surface area contributed by atoms with Gasteiger partial charge in [0.2, 0.25) is 12.7 Å². The first-order valence-electron chi connectivity index (χ1n) is 8.92. The van der Waals surface area contributed by atoms with Crippen LogP contribution in [0.4, 0.5) is 14.5 Å². The third-order valence-electron chi connectivity index (χ3n) is 4.39. The topological polar surface area (TPSA) is 105 Å². The summed E-state index contributed by atoms with van der Waals surface area (Å²) in [6.07, 6.45) is -0.423. The molecule has 2 aliphatic rings. The number of anilines is 1. The Morgan fingerprint density at radius 2 is 1.93 bits per heavy atom. The van der Waals surface area contributed by atoms with Gasteiger partial charge in [-0.2, -0.15) is 5.53 Å². The normalized spacial score (nSPS) is 20.2. The van der Waals surface area contributed by atoms with Crippen LogP contribution in [0.5, 0.6) is 17.2 Å². The molecule has 12 heteroatoms. The maximum atomic E-state index is 12.7. The molecular formula is C18H18ClF2N5O4. The Kier molecular flexibility index (Phi) is 5.88. The molecule has 1 saturated heterocycles. The van der Waals surface area contributed by atoms with E-state index in [2.05, 4.69) is 31.8 Å². The minimum Gasteiger partial charge on any atom is -0.454 e. The number of nitrogens with one attached hydrogen (secondary N) is 5. The van der Waals surface area contributed by atoms with Crippen LogP contribution in [0.25, 0.3) is 0 Å². The first kappa shape index (κ1) is 20.6. The first-order valence-corrected chi connectivity index (χ1v) is 9.30. The number of ether oxygens (including phenoxy) is 3. The molecule has 1 fully saturated rings. The van der Waals surface area contributed by atoms with E-state index in [1.165, 1.54) is 24.3 Å². The van der Waals surface area contributed by atoms with Gasteiger partial charge in [-0.05, 0) is 42.0 Å². The van der Waals surface area contributed by atoms with Gasteiger partial charge in [0.25, 0.3) is 0 Å². The summed E-state index contributed by atoms with van der Waals surface area (Å²) in [6.45, 7) is 0.675. The minimum absolute atomic E-state index is 0.126. The fourth-order valence-electron chi connectivity index (χ4n) is 2.99. The number of hydrogen-bond donors (Lipinski definition) is 5. The SMILES string of the molecule is O=C(Nc1ccc(OC(F)(F)Cl)cc1)C1NNNC1NCc1ccc2c(c1)OCO2. The number of alkyl halides is 3. The van der Waals surface area contributed by atoms with Gasteiger partial charge in [0.1, 0.15) is 11.8 Å². The standard InChI is InChI=1S/C18H18ClF2N5O4/c19-18(20,21)30-12-4-2-11(3-5-12)23-17(27)15-16(25-26-24-15)22-8-10-1-6-13-14(7-10)29-9-28-13/h1-7,15-16,22,24-26H,8-9H2,(H,23,27). The molecule has 0 bridgehead atoms. The van der Waals surface area contributed by atoms with Crippen molar-refractivity contribution >= 4 is 23.2 Å². The lowest BCUT2D eigenvalue weighted by Crippen LogP contribution is -2.51. The van der Waals surface area contributed by atoms with Crippen molar-refractivity contribution in [3.05, 3.63) is 48.0 Å². The van der Waals surface area contributed by atoms with Crippen molar-refractivity contribution in [2.24, 2.45) is 0 Å². The third kappa shape index (κ3) is 5.07. The minimum atomic E-state index is -3.80. The van der Waals surface area contributed by atoms with Crippen molar-refractivity contribution in [1.82, 2.24) is 21.7 Å².